The van der Waals surface area contributed by atoms with E-state index in [1.165, 1.54) is 38.3 Å². The Morgan fingerprint density at radius 2 is 2.03 bits per heavy atom. The molecule has 200 valence electrons. The number of carbonyl (C=O) groups excluding carboxylic acids is 1. The van der Waals surface area contributed by atoms with E-state index in [0.717, 1.165) is 24.6 Å². The second-order valence-corrected chi connectivity index (χ2v) is 10.9. The molecule has 1 aliphatic carbocycles. The predicted octanol–water partition coefficient (Wildman–Crippen LogP) is 4.81. The third-order valence-corrected chi connectivity index (χ3v) is 7.58. The van der Waals surface area contributed by atoms with Crippen LogP contribution in [0.15, 0.2) is 48.7 Å². The Morgan fingerprint density at radius 1 is 1.26 bits per heavy atom. The summed E-state index contributed by atoms with van der Waals surface area (Å²) in [5.41, 5.74) is 1.44. The van der Waals surface area contributed by atoms with Gasteiger partial charge in [0.05, 0.1) is 19.4 Å². The average molecular weight is 520 g/mol. The molecule has 0 radical (unpaired) electrons. The predicted molar refractivity (Wildman–Crippen MR) is 142 cm³/mol. The second-order valence-electron chi connectivity index (χ2n) is 10.9. The van der Waals surface area contributed by atoms with Crippen LogP contribution in [0.3, 0.4) is 0 Å². The third-order valence-electron chi connectivity index (χ3n) is 7.58. The van der Waals surface area contributed by atoms with Crippen molar-refractivity contribution in [2.24, 2.45) is 5.92 Å². The number of methoxy groups -OCH3 is 1. The van der Waals surface area contributed by atoms with Crippen LogP contribution in [0.2, 0.25) is 0 Å². The highest BCUT2D eigenvalue weighted by Crippen LogP contribution is 2.46. The quantitative estimate of drug-likeness (QED) is 0.351. The fraction of sp³-hybridized carbons (Fsp3) is 0.433. The first-order valence-corrected chi connectivity index (χ1v) is 13.1. The minimum atomic E-state index is -1.39. The summed E-state index contributed by atoms with van der Waals surface area (Å²) in [6, 6.07) is 11.3. The van der Waals surface area contributed by atoms with E-state index in [1.54, 1.807) is 31.2 Å². The molecule has 3 aromatic rings. The summed E-state index contributed by atoms with van der Waals surface area (Å²) < 4.78 is 25.0. The topological polar surface area (TPSA) is 93.6 Å². The van der Waals surface area contributed by atoms with Crippen LogP contribution in [-0.2, 0) is 11.0 Å². The van der Waals surface area contributed by atoms with Gasteiger partial charge in [-0.05, 0) is 75.0 Å². The van der Waals surface area contributed by atoms with Crippen LogP contribution >= 0.6 is 0 Å². The van der Waals surface area contributed by atoms with Crippen LogP contribution in [0, 0.1) is 11.7 Å². The van der Waals surface area contributed by atoms with Crippen LogP contribution in [0.25, 0.3) is 11.3 Å². The van der Waals surface area contributed by atoms with Crippen molar-refractivity contribution in [2.45, 2.75) is 50.5 Å². The Balaban J connectivity index is 1.45. The molecule has 3 heterocycles. The summed E-state index contributed by atoms with van der Waals surface area (Å²) in [5, 5.41) is 15.2. The summed E-state index contributed by atoms with van der Waals surface area (Å²) in [5.74, 6) is 1.31. The first kappa shape index (κ1) is 26.3. The number of hydrogen-bond acceptors (Lipinski definition) is 7. The smallest absolute Gasteiger partial charge is 0.213 e. The maximum atomic E-state index is 13.7. The number of aromatic nitrogens is 2. The van der Waals surface area contributed by atoms with Crippen molar-refractivity contribution in [3.05, 3.63) is 71.3 Å². The van der Waals surface area contributed by atoms with Gasteiger partial charge in [0, 0.05) is 47.3 Å². The molecule has 2 aliphatic rings. The molecular formula is C30H34FN3O4. The number of ketones is 1. The van der Waals surface area contributed by atoms with Gasteiger partial charge in [-0.2, -0.15) is 0 Å². The highest BCUT2D eigenvalue weighted by Gasteiger charge is 2.41. The minimum Gasteiger partial charge on any atom is -0.490 e. The zero-order valence-electron chi connectivity index (χ0n) is 22.1. The molecule has 1 aromatic carbocycles. The summed E-state index contributed by atoms with van der Waals surface area (Å²) in [4.78, 5) is 21.8. The SMILES string of the molecule is COc1cc(C(=O)CC[C@](C)(O)c2cc3c(c(-c4ccc(F)cc4)n2)OC[C@]3(C)CNCC2CC2)ccn1. The van der Waals surface area contributed by atoms with Crippen LogP contribution in [0.5, 0.6) is 11.6 Å². The lowest BCUT2D eigenvalue weighted by Crippen LogP contribution is -2.38. The number of benzene rings is 1. The molecular weight excluding hydrogens is 485 g/mol. The molecule has 38 heavy (non-hydrogen) atoms. The molecule has 0 bridgehead atoms. The molecule has 1 fully saturated rings. The molecule has 5 rings (SSSR count). The van der Waals surface area contributed by atoms with Gasteiger partial charge in [-0.3, -0.25) is 4.79 Å². The lowest BCUT2D eigenvalue weighted by Gasteiger charge is -2.27. The molecule has 0 spiro atoms. The molecule has 2 N–H and O–H groups in total. The third kappa shape index (κ3) is 5.56. The van der Waals surface area contributed by atoms with Gasteiger partial charge in [0.25, 0.3) is 0 Å². The van der Waals surface area contributed by atoms with Crippen molar-refractivity contribution >= 4 is 5.78 Å². The van der Waals surface area contributed by atoms with E-state index in [-0.39, 0.29) is 29.9 Å². The van der Waals surface area contributed by atoms with Gasteiger partial charge in [0.2, 0.25) is 5.88 Å². The summed E-state index contributed by atoms with van der Waals surface area (Å²) in [6.45, 7) is 6.01. The number of halogens is 1. The number of hydrogen-bond donors (Lipinski definition) is 2. The largest absolute Gasteiger partial charge is 0.490 e. The van der Waals surface area contributed by atoms with Crippen molar-refractivity contribution in [1.29, 1.82) is 0 Å². The van der Waals surface area contributed by atoms with Crippen molar-refractivity contribution in [3.8, 4) is 22.9 Å². The number of rotatable bonds is 11. The Labute approximate surface area is 222 Å². The van der Waals surface area contributed by atoms with Crippen molar-refractivity contribution in [2.75, 3.05) is 26.8 Å². The maximum Gasteiger partial charge on any atom is 0.213 e. The minimum absolute atomic E-state index is 0.113. The first-order chi connectivity index (χ1) is 18.2. The number of ether oxygens (including phenoxy) is 2. The first-order valence-electron chi connectivity index (χ1n) is 13.1. The molecule has 7 nitrogen and oxygen atoms in total. The molecule has 0 unspecified atom stereocenters. The number of fused-ring (bicyclic) bond motifs is 1. The van der Waals surface area contributed by atoms with Crippen LogP contribution in [-0.4, -0.2) is 47.7 Å². The average Bonchev–Trinajstić information content (AvgIpc) is 3.69. The number of pyridine rings is 2. The maximum absolute atomic E-state index is 13.7. The van der Waals surface area contributed by atoms with E-state index >= 15 is 0 Å². The number of nitrogens with one attached hydrogen (secondary N) is 1. The van der Waals surface area contributed by atoms with E-state index in [1.807, 2.05) is 6.07 Å². The highest BCUT2D eigenvalue weighted by molar-refractivity contribution is 5.96. The van der Waals surface area contributed by atoms with Crippen LogP contribution in [0.1, 0.15) is 61.1 Å². The molecule has 2 aromatic heterocycles. The van der Waals surface area contributed by atoms with E-state index < -0.39 is 5.60 Å². The number of nitrogens with zero attached hydrogens (tertiary/aromatic N) is 2. The van der Waals surface area contributed by atoms with E-state index in [4.69, 9.17) is 14.5 Å². The van der Waals surface area contributed by atoms with Gasteiger partial charge in [0.1, 0.15) is 22.9 Å². The van der Waals surface area contributed by atoms with E-state index in [9.17, 15) is 14.3 Å². The van der Waals surface area contributed by atoms with Gasteiger partial charge >= 0.3 is 0 Å². The zero-order chi connectivity index (χ0) is 26.9. The molecule has 8 heteroatoms. The summed E-state index contributed by atoms with van der Waals surface area (Å²) >= 11 is 0. The lowest BCUT2D eigenvalue weighted by molar-refractivity contribution is 0.0396. The number of aliphatic hydroxyl groups is 1. The Morgan fingerprint density at radius 3 is 2.74 bits per heavy atom. The fourth-order valence-corrected chi connectivity index (χ4v) is 4.86. The Bertz CT molecular complexity index is 1320. The number of carbonyl (C=O) groups is 1. The van der Waals surface area contributed by atoms with Crippen molar-refractivity contribution in [1.82, 2.24) is 15.3 Å². The van der Waals surface area contributed by atoms with Gasteiger partial charge < -0.3 is 19.9 Å². The van der Waals surface area contributed by atoms with E-state index in [2.05, 4.69) is 17.2 Å². The van der Waals surface area contributed by atoms with Gasteiger partial charge in [-0.25, -0.2) is 14.4 Å². The molecule has 0 amide bonds. The van der Waals surface area contributed by atoms with Crippen molar-refractivity contribution < 1.29 is 23.8 Å². The van der Waals surface area contributed by atoms with Crippen LogP contribution in [0.4, 0.5) is 4.39 Å². The summed E-state index contributed by atoms with van der Waals surface area (Å²) in [7, 11) is 1.50. The van der Waals surface area contributed by atoms with E-state index in [0.29, 0.717) is 40.8 Å². The molecule has 1 aliphatic heterocycles. The van der Waals surface area contributed by atoms with Gasteiger partial charge in [-0.1, -0.05) is 6.92 Å². The van der Waals surface area contributed by atoms with Crippen molar-refractivity contribution in [3.63, 3.8) is 0 Å². The molecule has 2 atom stereocenters. The number of Topliss-reactive ketones (excluding diaryl/α,β-unsaturated/α-hetero) is 1. The van der Waals surface area contributed by atoms with Crippen LogP contribution < -0.4 is 14.8 Å². The Hall–Kier alpha value is -3.36. The molecule has 0 saturated heterocycles. The lowest BCUT2D eigenvalue weighted by atomic mass is 9.82. The second kappa shape index (κ2) is 10.4. The Kier molecular flexibility index (Phi) is 7.20. The summed E-state index contributed by atoms with van der Waals surface area (Å²) in [6.07, 6.45) is 4.35. The van der Waals surface area contributed by atoms with Gasteiger partial charge in [0.15, 0.2) is 5.78 Å². The molecule has 1 saturated carbocycles. The standard InChI is InChI=1S/C30H34FN3O4/c1-29(17-32-16-19-4-5-19)18-38-28-23(29)15-25(34-27(28)20-6-8-22(31)9-7-20)30(2,36)12-10-24(35)21-11-13-33-26(14-21)37-3/h6-9,11,13-15,19,32,36H,4-5,10,12,16-18H2,1-3H3/t29-,30-/m0/s1. The fourth-order valence-electron chi connectivity index (χ4n) is 4.86. The monoisotopic (exact) mass is 519 g/mol. The normalized spacial score (nSPS) is 19.9. The van der Waals surface area contributed by atoms with Gasteiger partial charge in [-0.15, -0.1) is 0 Å². The highest BCUT2D eigenvalue weighted by atomic mass is 19.1. The zero-order valence-corrected chi connectivity index (χ0v) is 22.1.